The first-order valence-electron chi connectivity index (χ1n) is 16.0. The van der Waals surface area contributed by atoms with E-state index in [1.807, 2.05) is 0 Å². The normalized spacial score (nSPS) is 13.6. The molecule has 3 aromatic carbocycles. The Morgan fingerprint density at radius 3 is 1.81 bits per heavy atom. The maximum atomic E-state index is 13.8. The molecule has 0 fully saturated rings. The molecule has 0 bridgehead atoms. The molecule has 276 valence electrons. The summed E-state index contributed by atoms with van der Waals surface area (Å²) in [6, 6.07) is 18.0. The largest absolute Gasteiger partial charge is 0.481 e. The van der Waals surface area contributed by atoms with Gasteiger partial charge in [0.2, 0.25) is 17.7 Å². The van der Waals surface area contributed by atoms with Crippen LogP contribution in [0.25, 0.3) is 0 Å². The molecule has 0 aromatic heterocycles. The lowest BCUT2D eigenvalue weighted by Crippen LogP contribution is -2.56. The maximum Gasteiger partial charge on any atom is 0.408 e. The average molecular weight is 737 g/mol. The van der Waals surface area contributed by atoms with Crippen LogP contribution in [-0.2, 0) is 45.2 Å². The Hall–Kier alpha value is -6.03. The molecule has 1 unspecified atom stereocenters. The van der Waals surface area contributed by atoms with Crippen LogP contribution in [0.1, 0.15) is 43.9 Å². The first-order valence-corrected chi connectivity index (χ1v) is 17.6. The molecule has 52 heavy (non-hydrogen) atoms. The minimum absolute atomic E-state index is 0.0437. The monoisotopic (exact) mass is 736 g/mol. The van der Waals surface area contributed by atoms with Crippen molar-refractivity contribution in [3.05, 3.63) is 114 Å². The summed E-state index contributed by atoms with van der Waals surface area (Å²) in [4.78, 5) is 76.4. The van der Waals surface area contributed by atoms with Crippen molar-refractivity contribution in [1.82, 2.24) is 21.3 Å². The highest BCUT2D eigenvalue weighted by atomic mass is 32.2. The zero-order chi connectivity index (χ0) is 38.3. The maximum absolute atomic E-state index is 13.8. The van der Waals surface area contributed by atoms with E-state index in [4.69, 9.17) is 4.74 Å². The number of hydrogen-bond donors (Lipinski definition) is 6. The van der Waals surface area contributed by atoms with Gasteiger partial charge in [-0.2, -0.15) is 0 Å². The summed E-state index contributed by atoms with van der Waals surface area (Å²) in [7, 11) is -3.98. The van der Waals surface area contributed by atoms with Gasteiger partial charge < -0.3 is 36.2 Å². The summed E-state index contributed by atoms with van der Waals surface area (Å²) >= 11 is 0. The van der Waals surface area contributed by atoms with Crippen LogP contribution in [0.3, 0.4) is 0 Å². The Bertz CT molecular complexity index is 1840. The van der Waals surface area contributed by atoms with E-state index in [9.17, 15) is 47.4 Å². The third kappa shape index (κ3) is 13.0. The molecule has 4 amide bonds. The lowest BCUT2D eigenvalue weighted by Gasteiger charge is -2.27. The predicted octanol–water partition coefficient (Wildman–Crippen LogP) is 2.70. The second-order valence-corrected chi connectivity index (χ2v) is 13.7. The highest BCUT2D eigenvalue weighted by molar-refractivity contribution is 7.94. The Balaban J connectivity index is 1.80. The van der Waals surface area contributed by atoms with Gasteiger partial charge in [0.05, 0.1) is 23.8 Å². The van der Waals surface area contributed by atoms with Gasteiger partial charge in [0, 0.05) is 5.41 Å². The van der Waals surface area contributed by atoms with E-state index in [-0.39, 0.29) is 17.1 Å². The number of alkyl carbamates (subject to hydrolysis) is 1. The van der Waals surface area contributed by atoms with Crippen LogP contribution in [0.5, 0.6) is 0 Å². The molecule has 0 radical (unpaired) electrons. The van der Waals surface area contributed by atoms with Crippen molar-refractivity contribution >= 4 is 45.6 Å². The first-order chi connectivity index (χ1) is 24.7. The van der Waals surface area contributed by atoms with Gasteiger partial charge in [-0.05, 0) is 35.3 Å². The molecule has 6 N–H and O–H groups in total. The number of carboxylic acid groups (broad SMARTS) is 2. The van der Waals surface area contributed by atoms with E-state index in [1.165, 1.54) is 36.4 Å². The molecule has 0 spiro atoms. The summed E-state index contributed by atoms with van der Waals surface area (Å²) in [5, 5.41) is 29.4. The number of carbonyl (C=O) groups excluding carboxylic acids is 4. The second kappa shape index (κ2) is 19.4. The van der Waals surface area contributed by atoms with Gasteiger partial charge in [0.1, 0.15) is 24.7 Å². The van der Waals surface area contributed by atoms with Gasteiger partial charge in [-0.1, -0.05) is 92.7 Å². The third-order valence-electron chi connectivity index (χ3n) is 7.41. The predicted molar refractivity (Wildman–Crippen MR) is 187 cm³/mol. The average Bonchev–Trinajstić information content (AvgIpc) is 3.11. The molecule has 0 aliphatic carbocycles. The summed E-state index contributed by atoms with van der Waals surface area (Å²) in [5.74, 6) is -6.15. The minimum atomic E-state index is -3.98. The molecule has 0 saturated heterocycles. The fraction of sp³-hybridized carbons (Fsp3) is 0.278. The van der Waals surface area contributed by atoms with E-state index < -0.39 is 88.5 Å². The standard InChI is InChI=1S/C36H40N4O11S/c1-23(2)31(34(46)37-26(20-29(41)42)18-19-52(49,50)27-16-10-5-11-17-27)39-35(47)32(25-14-8-4-9-15-25)40-33(45)28(21-30(43)44)38-36(48)51-22-24-12-6-3-7-13-24/h3-19,23,26,28,31-32H,20-22H2,1-2H3,(H,37,46)(H,38,48)(H,39,47)(H,40,45)(H,41,42)(H,43,44)/b19-18+/t26?,28-,31-,32-/m0/s1. The fourth-order valence-electron chi connectivity index (χ4n) is 4.77. The molecule has 16 heteroatoms. The fourth-order valence-corrected chi connectivity index (χ4v) is 5.86. The number of carboxylic acids is 2. The Kier molecular flexibility index (Phi) is 15.1. The topological polar surface area (TPSA) is 234 Å². The molecule has 4 atom stereocenters. The van der Waals surface area contributed by atoms with Crippen LogP contribution in [-0.4, -0.2) is 72.5 Å². The number of rotatable bonds is 18. The van der Waals surface area contributed by atoms with E-state index >= 15 is 0 Å². The van der Waals surface area contributed by atoms with Gasteiger partial charge in [0.25, 0.3) is 0 Å². The van der Waals surface area contributed by atoms with Crippen LogP contribution in [0.4, 0.5) is 4.79 Å². The van der Waals surface area contributed by atoms with Gasteiger partial charge in [-0.3, -0.25) is 24.0 Å². The lowest BCUT2D eigenvalue weighted by molar-refractivity contribution is -0.140. The Morgan fingerprint density at radius 2 is 1.25 bits per heavy atom. The number of sulfone groups is 1. The van der Waals surface area contributed by atoms with Crippen LogP contribution in [0.2, 0.25) is 0 Å². The van der Waals surface area contributed by atoms with E-state index in [0.29, 0.717) is 5.56 Å². The number of ether oxygens (including phenoxy) is 1. The second-order valence-electron chi connectivity index (χ2n) is 11.8. The zero-order valence-corrected chi connectivity index (χ0v) is 29.1. The van der Waals surface area contributed by atoms with Crippen molar-refractivity contribution in [2.75, 3.05) is 0 Å². The van der Waals surface area contributed by atoms with E-state index in [0.717, 1.165) is 11.5 Å². The molecule has 15 nitrogen and oxygen atoms in total. The SMILES string of the molecule is CC(C)[C@H](NC(=O)[C@@H](NC(=O)[C@H](CC(=O)O)NC(=O)OCc1ccccc1)c1ccccc1)C(=O)NC(/C=C/S(=O)(=O)c1ccccc1)CC(=O)O. The summed E-state index contributed by atoms with van der Waals surface area (Å²) < 4.78 is 30.6. The van der Waals surface area contributed by atoms with E-state index in [1.54, 1.807) is 68.4 Å². The molecule has 0 heterocycles. The number of nitrogens with one attached hydrogen (secondary N) is 4. The molecular formula is C36H40N4O11S. The van der Waals surface area contributed by atoms with Crippen molar-refractivity contribution in [3.63, 3.8) is 0 Å². The van der Waals surface area contributed by atoms with Crippen molar-refractivity contribution in [3.8, 4) is 0 Å². The number of aliphatic carboxylic acids is 2. The molecule has 3 rings (SSSR count). The number of benzene rings is 3. The van der Waals surface area contributed by atoms with Crippen molar-refractivity contribution in [2.45, 2.75) is 62.4 Å². The minimum Gasteiger partial charge on any atom is -0.481 e. The van der Waals surface area contributed by atoms with Crippen LogP contribution >= 0.6 is 0 Å². The molecular weight excluding hydrogens is 696 g/mol. The summed E-state index contributed by atoms with van der Waals surface area (Å²) in [5.41, 5.74) is 0.888. The molecule has 0 aliphatic rings. The molecule has 3 aromatic rings. The zero-order valence-electron chi connectivity index (χ0n) is 28.3. The van der Waals surface area contributed by atoms with Crippen LogP contribution < -0.4 is 21.3 Å². The lowest BCUT2D eigenvalue weighted by atomic mass is 10.00. The van der Waals surface area contributed by atoms with Gasteiger partial charge >= 0.3 is 18.0 Å². The third-order valence-corrected chi connectivity index (χ3v) is 8.86. The Labute approximate surface area is 300 Å². The van der Waals surface area contributed by atoms with Gasteiger partial charge in [0.15, 0.2) is 9.84 Å². The number of carbonyl (C=O) groups is 6. The molecule has 0 aliphatic heterocycles. The quantitative estimate of drug-likeness (QED) is 0.111. The van der Waals surface area contributed by atoms with Crippen LogP contribution in [0, 0.1) is 5.92 Å². The smallest absolute Gasteiger partial charge is 0.408 e. The molecule has 0 saturated carbocycles. The van der Waals surface area contributed by atoms with Crippen molar-refractivity contribution in [2.24, 2.45) is 5.92 Å². The van der Waals surface area contributed by atoms with Crippen molar-refractivity contribution < 1.29 is 52.1 Å². The highest BCUT2D eigenvalue weighted by Gasteiger charge is 2.33. The van der Waals surface area contributed by atoms with Crippen molar-refractivity contribution in [1.29, 1.82) is 0 Å². The number of amides is 4. The van der Waals surface area contributed by atoms with Gasteiger partial charge in [-0.25, -0.2) is 13.2 Å². The van der Waals surface area contributed by atoms with Gasteiger partial charge in [-0.15, -0.1) is 0 Å². The number of hydrogen-bond acceptors (Lipinski definition) is 9. The van der Waals surface area contributed by atoms with E-state index in [2.05, 4.69) is 21.3 Å². The first kappa shape index (κ1) is 40.4. The Morgan fingerprint density at radius 1 is 0.692 bits per heavy atom. The van der Waals surface area contributed by atoms with Crippen LogP contribution in [0.15, 0.2) is 107 Å². The summed E-state index contributed by atoms with van der Waals surface area (Å²) in [6.07, 6.45) is -1.59. The highest BCUT2D eigenvalue weighted by Crippen LogP contribution is 2.16. The summed E-state index contributed by atoms with van der Waals surface area (Å²) in [6.45, 7) is 3.03.